The summed E-state index contributed by atoms with van der Waals surface area (Å²) in [6, 6.07) is 17.0. The molecule has 2 aromatic rings. The van der Waals surface area contributed by atoms with Gasteiger partial charge in [-0.05, 0) is 53.1 Å². The van der Waals surface area contributed by atoms with Gasteiger partial charge in [-0.1, -0.05) is 36.4 Å². The molecular weight excluding hydrogens is 399 g/mol. The third kappa shape index (κ3) is 3.93. The molecule has 0 aromatic heterocycles. The van der Waals surface area contributed by atoms with E-state index >= 15 is 0 Å². The fourth-order valence-electron chi connectivity index (χ4n) is 3.40. The van der Waals surface area contributed by atoms with Gasteiger partial charge in [0, 0.05) is 15.6 Å². The first-order valence-corrected chi connectivity index (χ1v) is 9.17. The number of benzene rings is 2. The molecule has 3 nitrogen and oxygen atoms in total. The van der Waals surface area contributed by atoms with E-state index in [4.69, 9.17) is 0 Å². The molecule has 120 valence electrons. The molecule has 0 bridgehead atoms. The molecule has 2 atom stereocenters. The van der Waals surface area contributed by atoms with Crippen LogP contribution in [0.4, 0.5) is 5.69 Å². The summed E-state index contributed by atoms with van der Waals surface area (Å²) in [5.41, 5.74) is 3.76. The Hall–Kier alpha value is -1.40. The molecule has 0 radical (unpaired) electrons. The second-order valence-electron chi connectivity index (χ2n) is 6.19. The minimum absolute atomic E-state index is 0.0784. The number of halogens is 1. The van der Waals surface area contributed by atoms with Crippen molar-refractivity contribution in [1.29, 1.82) is 0 Å². The predicted octanol–water partition coefficient (Wildman–Crippen LogP) is 2.82. The van der Waals surface area contributed by atoms with Gasteiger partial charge in [0.1, 0.15) is 6.04 Å². The van der Waals surface area contributed by atoms with Crippen molar-refractivity contribution in [3.05, 3.63) is 63.2 Å². The van der Waals surface area contributed by atoms with Crippen LogP contribution in [0, 0.1) is 3.57 Å². The van der Waals surface area contributed by atoms with Crippen molar-refractivity contribution in [2.45, 2.75) is 25.3 Å². The molecule has 1 aliphatic carbocycles. The van der Waals surface area contributed by atoms with Crippen molar-refractivity contribution in [2.75, 3.05) is 18.9 Å². The molecule has 1 amide bonds. The highest BCUT2D eigenvalue weighted by atomic mass is 127. The summed E-state index contributed by atoms with van der Waals surface area (Å²) in [5, 5.41) is 3.04. The van der Waals surface area contributed by atoms with E-state index in [-0.39, 0.29) is 5.91 Å². The van der Waals surface area contributed by atoms with Crippen molar-refractivity contribution in [1.82, 2.24) is 0 Å². The van der Waals surface area contributed by atoms with Crippen LogP contribution in [0.1, 0.15) is 30.0 Å². The topological polar surface area (TPSA) is 33.5 Å². The largest absolute Gasteiger partial charge is 0.323 e. The summed E-state index contributed by atoms with van der Waals surface area (Å²) in [6.45, 7) is 0.490. The van der Waals surface area contributed by atoms with Gasteiger partial charge in [-0.15, -0.1) is 0 Å². The quantitative estimate of drug-likeness (QED) is 0.732. The lowest BCUT2D eigenvalue weighted by Crippen LogP contribution is -3.10. The Morgan fingerprint density at radius 2 is 1.96 bits per heavy atom. The number of aryl methyl sites for hydroxylation is 1. The van der Waals surface area contributed by atoms with E-state index < -0.39 is 0 Å². The zero-order chi connectivity index (χ0) is 16.2. The van der Waals surface area contributed by atoms with Crippen LogP contribution < -0.4 is 10.2 Å². The normalized spacial score (nSPS) is 18.1. The minimum atomic E-state index is 0.0784. The van der Waals surface area contributed by atoms with Gasteiger partial charge in [-0.3, -0.25) is 4.79 Å². The van der Waals surface area contributed by atoms with E-state index in [0.29, 0.717) is 12.6 Å². The highest BCUT2D eigenvalue weighted by Gasteiger charge is 2.27. The fraction of sp³-hybridized carbons (Fsp3) is 0.316. The zero-order valence-electron chi connectivity index (χ0n) is 13.3. The van der Waals surface area contributed by atoms with Crippen LogP contribution in [0.25, 0.3) is 0 Å². The molecule has 2 N–H and O–H groups in total. The first-order valence-electron chi connectivity index (χ1n) is 8.09. The zero-order valence-corrected chi connectivity index (χ0v) is 15.5. The van der Waals surface area contributed by atoms with Gasteiger partial charge in [0.05, 0.1) is 12.7 Å². The Kier molecular flexibility index (Phi) is 5.33. The van der Waals surface area contributed by atoms with Crippen molar-refractivity contribution in [2.24, 2.45) is 0 Å². The number of carbonyl (C=O) groups excluding carboxylic acids is 1. The molecule has 0 fully saturated rings. The molecular formula is C19H22IN2O+. The smallest absolute Gasteiger partial charge is 0.279 e. The molecule has 1 aliphatic rings. The summed E-state index contributed by atoms with van der Waals surface area (Å²) in [5.74, 6) is 0.0784. The monoisotopic (exact) mass is 421 g/mol. The highest BCUT2D eigenvalue weighted by molar-refractivity contribution is 14.1. The predicted molar refractivity (Wildman–Crippen MR) is 102 cm³/mol. The lowest BCUT2D eigenvalue weighted by molar-refractivity contribution is -0.905. The van der Waals surface area contributed by atoms with Crippen molar-refractivity contribution in [3.63, 3.8) is 0 Å². The van der Waals surface area contributed by atoms with Gasteiger partial charge in [0.2, 0.25) is 0 Å². The van der Waals surface area contributed by atoms with Crippen molar-refractivity contribution in [3.8, 4) is 0 Å². The van der Waals surface area contributed by atoms with Gasteiger partial charge in [-0.2, -0.15) is 0 Å². The lowest BCUT2D eigenvalue weighted by atomic mass is 9.87. The van der Waals surface area contributed by atoms with E-state index in [1.54, 1.807) is 0 Å². The third-order valence-corrected chi connectivity index (χ3v) is 5.49. The molecule has 0 aliphatic heterocycles. The van der Waals surface area contributed by atoms with Gasteiger partial charge >= 0.3 is 0 Å². The van der Waals surface area contributed by atoms with Crippen molar-refractivity contribution >= 4 is 34.2 Å². The molecule has 3 rings (SSSR count). The Bertz CT molecular complexity index is 701. The number of anilines is 1. The van der Waals surface area contributed by atoms with E-state index in [2.05, 4.69) is 59.2 Å². The molecule has 23 heavy (non-hydrogen) atoms. The van der Waals surface area contributed by atoms with Gasteiger partial charge < -0.3 is 10.2 Å². The maximum Gasteiger partial charge on any atom is 0.279 e. The summed E-state index contributed by atoms with van der Waals surface area (Å²) >= 11 is 2.25. The van der Waals surface area contributed by atoms with E-state index in [0.717, 1.165) is 22.1 Å². The molecule has 0 saturated carbocycles. The van der Waals surface area contributed by atoms with Crippen molar-refractivity contribution < 1.29 is 9.69 Å². The number of nitrogens with one attached hydrogen (secondary N) is 2. The number of fused-ring (bicyclic) bond motifs is 1. The maximum atomic E-state index is 12.4. The first-order chi connectivity index (χ1) is 11.1. The number of hydrogen-bond acceptors (Lipinski definition) is 1. The molecule has 1 unspecified atom stereocenters. The Labute approximate surface area is 151 Å². The number of para-hydroxylation sites is 1. The Morgan fingerprint density at radius 3 is 2.78 bits per heavy atom. The number of hydrogen-bond donors (Lipinski definition) is 2. The van der Waals surface area contributed by atoms with Crippen LogP contribution in [0.5, 0.6) is 0 Å². The van der Waals surface area contributed by atoms with E-state index in [1.165, 1.54) is 22.4 Å². The average molecular weight is 421 g/mol. The maximum absolute atomic E-state index is 12.4. The van der Waals surface area contributed by atoms with Crippen LogP contribution >= 0.6 is 22.6 Å². The van der Waals surface area contributed by atoms with E-state index in [1.807, 2.05) is 24.3 Å². The average Bonchev–Trinajstić information content (AvgIpc) is 2.56. The second kappa shape index (κ2) is 7.45. The van der Waals surface area contributed by atoms with Crippen LogP contribution in [-0.2, 0) is 11.2 Å². The van der Waals surface area contributed by atoms with Crippen LogP contribution in [-0.4, -0.2) is 19.5 Å². The van der Waals surface area contributed by atoms with Gasteiger partial charge in [0.15, 0.2) is 6.54 Å². The Morgan fingerprint density at radius 1 is 1.22 bits per heavy atom. The fourth-order valence-corrected chi connectivity index (χ4v) is 3.92. The van der Waals surface area contributed by atoms with Crippen LogP contribution in [0.15, 0.2) is 48.5 Å². The van der Waals surface area contributed by atoms with Gasteiger partial charge in [-0.25, -0.2) is 0 Å². The number of amides is 1. The second-order valence-corrected chi connectivity index (χ2v) is 7.36. The third-order valence-electron chi connectivity index (χ3n) is 4.55. The number of likely N-dealkylation sites (N-methyl/N-ethyl adjacent to an activating group) is 1. The summed E-state index contributed by atoms with van der Waals surface area (Å²) < 4.78 is 1.07. The Balaban J connectivity index is 1.67. The summed E-state index contributed by atoms with van der Waals surface area (Å²) in [6.07, 6.45) is 3.52. The summed E-state index contributed by atoms with van der Waals surface area (Å²) in [4.78, 5) is 13.7. The standard InChI is InChI=1S/C19H21IN2O/c1-22(13-19(23)21-17-11-5-4-10-16(17)20)18-12-6-8-14-7-2-3-9-15(14)18/h2-5,7,9-11,18H,6,8,12-13H2,1H3,(H,21,23)/p+1/t18-/m1/s1. The molecule has 0 spiro atoms. The van der Waals surface area contributed by atoms with Gasteiger partial charge in [0.25, 0.3) is 5.91 Å². The number of carbonyl (C=O) groups is 1. The summed E-state index contributed by atoms with van der Waals surface area (Å²) in [7, 11) is 2.13. The number of quaternary nitrogens is 1. The lowest BCUT2D eigenvalue weighted by Gasteiger charge is -2.30. The first kappa shape index (κ1) is 16.5. The molecule has 2 aromatic carbocycles. The highest BCUT2D eigenvalue weighted by Crippen LogP contribution is 2.27. The molecule has 4 heteroatoms. The SMILES string of the molecule is C[NH+](CC(=O)Nc1ccccc1I)[C@@H]1CCCc2ccccc21. The molecule has 0 saturated heterocycles. The minimum Gasteiger partial charge on any atom is -0.323 e. The van der Waals surface area contributed by atoms with Crippen LogP contribution in [0.2, 0.25) is 0 Å². The number of rotatable bonds is 4. The van der Waals surface area contributed by atoms with Crippen LogP contribution in [0.3, 0.4) is 0 Å². The van der Waals surface area contributed by atoms with E-state index in [9.17, 15) is 4.79 Å². The molecule has 0 heterocycles.